The number of likely N-dealkylation sites (N-methyl/N-ethyl adjacent to an activating group) is 1. The number of quaternary nitrogens is 1. The molecule has 3 aliphatic rings. The third-order valence-electron chi connectivity index (χ3n) is 9.85. The minimum absolute atomic E-state index is 0.0370. The van der Waals surface area contributed by atoms with Gasteiger partial charge in [0.1, 0.15) is 5.82 Å². The molecular formula is C35H49FN3O3+. The summed E-state index contributed by atoms with van der Waals surface area (Å²) in [5.41, 5.74) is 4.68. The van der Waals surface area contributed by atoms with Crippen LogP contribution in [-0.4, -0.2) is 68.8 Å². The molecule has 0 radical (unpaired) electrons. The standard InChI is InChI=1S/C35H49FN3O3/c1-3-4-5-6-7-8-9-15-34(41)42-26-39(23-11-14-33(40)27-16-18-28(36)19-17-27)24-20-31-30(25-39)29-12-10-13-32-35(29)38(31)22-21-37(32)2/h10,12-13,16-19,30-31H,3-9,11,14-15,20-26H2,1-2H3/q+1/t30?,31-,39?/m0/s1. The molecule has 7 heteroatoms. The Labute approximate surface area is 251 Å². The Kier molecular flexibility index (Phi) is 10.2. The molecule has 3 aliphatic heterocycles. The molecule has 0 spiro atoms. The van der Waals surface area contributed by atoms with Crippen molar-refractivity contribution in [3.8, 4) is 0 Å². The summed E-state index contributed by atoms with van der Waals surface area (Å²) >= 11 is 0. The maximum absolute atomic E-state index is 13.4. The Hall–Kier alpha value is -2.93. The number of nitrogens with zero attached hydrogens (tertiary/aromatic N) is 3. The van der Waals surface area contributed by atoms with Crippen LogP contribution in [-0.2, 0) is 9.53 Å². The van der Waals surface area contributed by atoms with Gasteiger partial charge in [-0.1, -0.05) is 57.6 Å². The van der Waals surface area contributed by atoms with Gasteiger partial charge in [0.2, 0.25) is 6.73 Å². The number of hydrogen-bond acceptors (Lipinski definition) is 5. The van der Waals surface area contributed by atoms with E-state index in [1.54, 1.807) is 12.1 Å². The van der Waals surface area contributed by atoms with Crippen LogP contribution in [0.4, 0.5) is 15.8 Å². The van der Waals surface area contributed by atoms with Gasteiger partial charge in [-0.25, -0.2) is 4.39 Å². The lowest BCUT2D eigenvalue weighted by Crippen LogP contribution is -2.60. The van der Waals surface area contributed by atoms with Crippen LogP contribution < -0.4 is 9.80 Å². The topological polar surface area (TPSA) is 49.9 Å². The van der Waals surface area contributed by atoms with E-state index in [1.807, 2.05) is 0 Å². The van der Waals surface area contributed by atoms with E-state index >= 15 is 0 Å². The number of Topliss-reactive ketones (excluding diaryl/α,β-unsaturated/α-hetero) is 1. The summed E-state index contributed by atoms with van der Waals surface area (Å²) < 4.78 is 20.1. The van der Waals surface area contributed by atoms with Crippen molar-refractivity contribution >= 4 is 23.1 Å². The van der Waals surface area contributed by atoms with Gasteiger partial charge in [-0.05, 0) is 42.3 Å². The second-order valence-corrected chi connectivity index (χ2v) is 12.8. The lowest BCUT2D eigenvalue weighted by Gasteiger charge is -2.47. The van der Waals surface area contributed by atoms with E-state index in [1.165, 1.54) is 61.2 Å². The number of rotatable bonds is 15. The lowest BCUT2D eigenvalue weighted by atomic mass is 9.87. The van der Waals surface area contributed by atoms with E-state index in [-0.39, 0.29) is 17.6 Å². The molecule has 0 saturated carbocycles. The average molecular weight is 579 g/mol. The number of hydrogen-bond donors (Lipinski definition) is 0. The van der Waals surface area contributed by atoms with Crippen LogP contribution >= 0.6 is 0 Å². The van der Waals surface area contributed by atoms with Crippen molar-refractivity contribution in [2.75, 3.05) is 56.3 Å². The van der Waals surface area contributed by atoms with Gasteiger partial charge < -0.3 is 14.5 Å². The van der Waals surface area contributed by atoms with Crippen molar-refractivity contribution in [3.63, 3.8) is 0 Å². The average Bonchev–Trinajstić information content (AvgIpc) is 3.31. The van der Waals surface area contributed by atoms with Crippen molar-refractivity contribution in [3.05, 3.63) is 59.4 Å². The number of likely N-dealkylation sites (tertiary alicyclic amines) is 1. The Morgan fingerprint density at radius 2 is 1.71 bits per heavy atom. The summed E-state index contributed by atoms with van der Waals surface area (Å²) in [7, 11) is 2.18. The van der Waals surface area contributed by atoms with Crippen molar-refractivity contribution in [2.24, 2.45) is 0 Å². The number of unbranched alkanes of at least 4 members (excludes halogenated alkanes) is 6. The minimum Gasteiger partial charge on any atom is -0.415 e. The molecule has 0 N–H and O–H groups in total. The number of ketones is 1. The first-order valence-electron chi connectivity index (χ1n) is 16.3. The predicted molar refractivity (Wildman–Crippen MR) is 167 cm³/mol. The highest BCUT2D eigenvalue weighted by atomic mass is 19.1. The van der Waals surface area contributed by atoms with E-state index in [0.717, 1.165) is 52.0 Å². The quantitative estimate of drug-likeness (QED) is 0.0979. The first-order valence-corrected chi connectivity index (χ1v) is 16.3. The number of para-hydroxylation sites is 1. The fraction of sp³-hybridized carbons (Fsp3) is 0.600. The maximum atomic E-state index is 13.4. The molecule has 1 fully saturated rings. The van der Waals surface area contributed by atoms with Crippen molar-refractivity contribution in [1.82, 2.24) is 0 Å². The second kappa shape index (κ2) is 14.0. The fourth-order valence-electron chi connectivity index (χ4n) is 7.45. The number of benzene rings is 2. The number of carbonyl (C=O) groups is 2. The largest absolute Gasteiger partial charge is 0.415 e. The number of carbonyl (C=O) groups excluding carboxylic acids is 2. The third kappa shape index (κ3) is 6.99. The Morgan fingerprint density at radius 3 is 2.50 bits per heavy atom. The van der Waals surface area contributed by atoms with E-state index in [2.05, 4.69) is 42.0 Å². The summed E-state index contributed by atoms with van der Waals surface area (Å²) in [6.07, 6.45) is 10.9. The molecule has 0 aromatic heterocycles. The highest BCUT2D eigenvalue weighted by Crippen LogP contribution is 2.51. The van der Waals surface area contributed by atoms with Crippen LogP contribution in [0.2, 0.25) is 0 Å². The SMILES string of the molecule is CCCCCCCCCC(=O)OC[N+]1(CCCC(=O)c2ccc(F)cc2)CC[C@H]2C(C1)c1cccc3c1N2CCN3C. The van der Waals surface area contributed by atoms with Crippen LogP contribution in [0.25, 0.3) is 0 Å². The van der Waals surface area contributed by atoms with E-state index in [0.29, 0.717) is 48.0 Å². The van der Waals surface area contributed by atoms with Crippen LogP contribution in [0.3, 0.4) is 0 Å². The van der Waals surface area contributed by atoms with Crippen molar-refractivity contribution in [1.29, 1.82) is 0 Å². The van der Waals surface area contributed by atoms with Gasteiger partial charge in [0, 0.05) is 57.4 Å². The predicted octanol–water partition coefficient (Wildman–Crippen LogP) is 7.07. The fourth-order valence-corrected chi connectivity index (χ4v) is 7.45. The monoisotopic (exact) mass is 578 g/mol. The van der Waals surface area contributed by atoms with Crippen LogP contribution in [0.15, 0.2) is 42.5 Å². The first kappa shape index (κ1) is 30.5. The van der Waals surface area contributed by atoms with Gasteiger partial charge in [0.15, 0.2) is 5.78 Å². The summed E-state index contributed by atoms with van der Waals surface area (Å²) in [6, 6.07) is 13.0. The van der Waals surface area contributed by atoms with Gasteiger partial charge >= 0.3 is 5.97 Å². The number of piperidine rings is 1. The van der Waals surface area contributed by atoms with Crippen LogP contribution in [0, 0.1) is 5.82 Å². The van der Waals surface area contributed by atoms with Crippen LogP contribution in [0.5, 0.6) is 0 Å². The summed E-state index contributed by atoms with van der Waals surface area (Å²) in [4.78, 5) is 30.7. The lowest BCUT2D eigenvalue weighted by molar-refractivity contribution is -0.949. The molecule has 228 valence electrons. The zero-order valence-electron chi connectivity index (χ0n) is 25.7. The number of esters is 1. The summed E-state index contributed by atoms with van der Waals surface area (Å²) in [5, 5.41) is 0. The molecule has 2 aromatic rings. The molecule has 3 heterocycles. The highest BCUT2D eigenvalue weighted by Gasteiger charge is 2.50. The normalized spacial score (nSPS) is 22.5. The van der Waals surface area contributed by atoms with E-state index in [4.69, 9.17) is 4.74 Å². The zero-order valence-corrected chi connectivity index (χ0v) is 25.7. The molecule has 0 bridgehead atoms. The van der Waals surface area contributed by atoms with Crippen LogP contribution in [0.1, 0.15) is 99.4 Å². The van der Waals surface area contributed by atoms with E-state index in [9.17, 15) is 14.0 Å². The molecule has 2 unspecified atom stereocenters. The van der Waals surface area contributed by atoms with Gasteiger partial charge in [0.05, 0.1) is 36.9 Å². The Morgan fingerprint density at radius 1 is 0.952 bits per heavy atom. The summed E-state index contributed by atoms with van der Waals surface area (Å²) in [6.45, 7) is 7.31. The number of halogens is 1. The first-order chi connectivity index (χ1) is 20.4. The Bertz CT molecular complexity index is 1220. The zero-order chi connectivity index (χ0) is 29.5. The molecule has 5 rings (SSSR count). The molecule has 42 heavy (non-hydrogen) atoms. The molecule has 6 nitrogen and oxygen atoms in total. The van der Waals surface area contributed by atoms with Gasteiger partial charge in [0.25, 0.3) is 0 Å². The molecule has 0 aliphatic carbocycles. The molecule has 3 atom stereocenters. The molecule has 1 saturated heterocycles. The van der Waals surface area contributed by atoms with Gasteiger partial charge in [-0.2, -0.15) is 0 Å². The van der Waals surface area contributed by atoms with Gasteiger partial charge in [-0.3, -0.25) is 14.1 Å². The van der Waals surface area contributed by atoms with E-state index < -0.39 is 0 Å². The Balaban J connectivity index is 1.23. The maximum Gasteiger partial charge on any atom is 0.310 e. The minimum atomic E-state index is -0.332. The van der Waals surface area contributed by atoms with Crippen molar-refractivity contribution in [2.45, 2.75) is 89.5 Å². The number of anilines is 2. The summed E-state index contributed by atoms with van der Waals surface area (Å²) in [5.74, 6) is -0.00738. The number of ether oxygens (including phenoxy) is 1. The molecule has 0 amide bonds. The third-order valence-corrected chi connectivity index (χ3v) is 9.85. The number of fused-ring (bicyclic) bond motifs is 3. The smallest absolute Gasteiger partial charge is 0.310 e. The second-order valence-electron chi connectivity index (χ2n) is 12.8. The van der Waals surface area contributed by atoms with Crippen molar-refractivity contribution < 1.29 is 23.2 Å². The molecular weight excluding hydrogens is 529 g/mol. The molecule has 2 aromatic carbocycles. The van der Waals surface area contributed by atoms with Gasteiger partial charge in [-0.15, -0.1) is 0 Å². The highest BCUT2D eigenvalue weighted by molar-refractivity contribution is 5.95.